The molecule has 1 fully saturated rings. The summed E-state index contributed by atoms with van der Waals surface area (Å²) in [6.45, 7) is 6.01. The second kappa shape index (κ2) is 3.94. The van der Waals surface area contributed by atoms with Crippen LogP contribution in [0.1, 0.15) is 19.8 Å². The SMILES string of the molecule is CCN1CCC(NC)CC1. The maximum Gasteiger partial charge on any atom is 0.00884 e. The zero-order chi connectivity index (χ0) is 7.40. The van der Waals surface area contributed by atoms with Gasteiger partial charge in [-0.25, -0.2) is 0 Å². The summed E-state index contributed by atoms with van der Waals surface area (Å²) >= 11 is 0. The molecule has 60 valence electrons. The molecule has 0 atom stereocenters. The summed E-state index contributed by atoms with van der Waals surface area (Å²) < 4.78 is 0. The van der Waals surface area contributed by atoms with E-state index in [0.717, 1.165) is 6.04 Å². The van der Waals surface area contributed by atoms with E-state index in [1.165, 1.54) is 32.5 Å². The summed E-state index contributed by atoms with van der Waals surface area (Å²) in [6.07, 6.45) is 2.65. The molecular formula is C8H18N2. The van der Waals surface area contributed by atoms with Crippen molar-refractivity contribution >= 4 is 0 Å². The second-order valence-corrected chi connectivity index (χ2v) is 3.00. The minimum absolute atomic E-state index is 0.780. The van der Waals surface area contributed by atoms with Gasteiger partial charge >= 0.3 is 0 Å². The molecule has 0 bridgehead atoms. The second-order valence-electron chi connectivity index (χ2n) is 3.00. The highest BCUT2D eigenvalue weighted by molar-refractivity contribution is 4.74. The molecule has 1 rings (SSSR count). The fourth-order valence-corrected chi connectivity index (χ4v) is 1.54. The van der Waals surface area contributed by atoms with Gasteiger partial charge in [-0.1, -0.05) is 6.92 Å². The third kappa shape index (κ3) is 1.96. The van der Waals surface area contributed by atoms with E-state index in [4.69, 9.17) is 0 Å². The minimum Gasteiger partial charge on any atom is -0.317 e. The Morgan fingerprint density at radius 3 is 2.40 bits per heavy atom. The predicted octanol–water partition coefficient (Wildman–Crippen LogP) is 0.690. The van der Waals surface area contributed by atoms with E-state index in [0.29, 0.717) is 0 Å². The fourth-order valence-electron chi connectivity index (χ4n) is 1.54. The van der Waals surface area contributed by atoms with Crippen molar-refractivity contribution < 1.29 is 0 Å². The van der Waals surface area contributed by atoms with E-state index in [1.54, 1.807) is 0 Å². The van der Waals surface area contributed by atoms with Crippen LogP contribution in [0.2, 0.25) is 0 Å². The van der Waals surface area contributed by atoms with Crippen LogP contribution in [0.4, 0.5) is 0 Å². The highest BCUT2D eigenvalue weighted by Gasteiger charge is 2.15. The average molecular weight is 142 g/mol. The molecule has 0 aliphatic carbocycles. The molecule has 0 amide bonds. The van der Waals surface area contributed by atoms with Gasteiger partial charge in [0.15, 0.2) is 0 Å². The lowest BCUT2D eigenvalue weighted by atomic mass is 10.1. The van der Waals surface area contributed by atoms with Crippen LogP contribution in [0, 0.1) is 0 Å². The van der Waals surface area contributed by atoms with Crippen molar-refractivity contribution in [1.82, 2.24) is 10.2 Å². The van der Waals surface area contributed by atoms with Gasteiger partial charge in [0, 0.05) is 6.04 Å². The number of hydrogen-bond acceptors (Lipinski definition) is 2. The number of piperidine rings is 1. The molecule has 0 spiro atoms. The molecule has 2 nitrogen and oxygen atoms in total. The van der Waals surface area contributed by atoms with E-state index >= 15 is 0 Å². The summed E-state index contributed by atoms with van der Waals surface area (Å²) in [4.78, 5) is 2.51. The summed E-state index contributed by atoms with van der Waals surface area (Å²) in [5.41, 5.74) is 0. The summed E-state index contributed by atoms with van der Waals surface area (Å²) in [6, 6.07) is 0.780. The van der Waals surface area contributed by atoms with E-state index < -0.39 is 0 Å². The number of likely N-dealkylation sites (tertiary alicyclic amines) is 1. The van der Waals surface area contributed by atoms with Gasteiger partial charge in [-0.05, 0) is 39.5 Å². The number of nitrogens with one attached hydrogen (secondary N) is 1. The van der Waals surface area contributed by atoms with Gasteiger partial charge in [0.2, 0.25) is 0 Å². The molecule has 1 aliphatic heterocycles. The van der Waals surface area contributed by atoms with Gasteiger partial charge in [0.05, 0.1) is 0 Å². The van der Waals surface area contributed by atoms with Crippen molar-refractivity contribution in [1.29, 1.82) is 0 Å². The van der Waals surface area contributed by atoms with Crippen LogP contribution in [-0.2, 0) is 0 Å². The molecule has 0 aromatic carbocycles. The molecule has 10 heavy (non-hydrogen) atoms. The highest BCUT2D eigenvalue weighted by Crippen LogP contribution is 2.08. The largest absolute Gasteiger partial charge is 0.317 e. The summed E-state index contributed by atoms with van der Waals surface area (Å²) in [5, 5.41) is 3.32. The molecular weight excluding hydrogens is 124 g/mol. The third-order valence-electron chi connectivity index (χ3n) is 2.44. The standard InChI is InChI=1S/C8H18N2/c1-3-10-6-4-8(9-2)5-7-10/h8-9H,3-7H2,1-2H3. The number of hydrogen-bond donors (Lipinski definition) is 1. The first-order valence-corrected chi connectivity index (χ1v) is 4.26. The topological polar surface area (TPSA) is 15.3 Å². The zero-order valence-corrected chi connectivity index (χ0v) is 7.06. The monoisotopic (exact) mass is 142 g/mol. The summed E-state index contributed by atoms with van der Waals surface area (Å²) in [5.74, 6) is 0. The Hall–Kier alpha value is -0.0800. The zero-order valence-electron chi connectivity index (χ0n) is 7.06. The van der Waals surface area contributed by atoms with Crippen molar-refractivity contribution in [3.63, 3.8) is 0 Å². The average Bonchev–Trinajstić information content (AvgIpc) is 2.05. The first-order valence-electron chi connectivity index (χ1n) is 4.26. The van der Waals surface area contributed by atoms with E-state index in [2.05, 4.69) is 24.2 Å². The number of nitrogens with zero attached hydrogens (tertiary/aromatic N) is 1. The molecule has 1 aliphatic rings. The lowest BCUT2D eigenvalue weighted by Crippen LogP contribution is -2.40. The van der Waals surface area contributed by atoms with Gasteiger partial charge in [0.1, 0.15) is 0 Å². The molecule has 1 heterocycles. The molecule has 0 saturated carbocycles. The quantitative estimate of drug-likeness (QED) is 0.610. The van der Waals surface area contributed by atoms with Crippen molar-refractivity contribution in [2.45, 2.75) is 25.8 Å². The van der Waals surface area contributed by atoms with Crippen LogP contribution in [-0.4, -0.2) is 37.6 Å². The first-order chi connectivity index (χ1) is 4.86. The smallest absolute Gasteiger partial charge is 0.00884 e. The van der Waals surface area contributed by atoms with Crippen LogP contribution in [0.5, 0.6) is 0 Å². The van der Waals surface area contributed by atoms with Gasteiger partial charge in [-0.2, -0.15) is 0 Å². The molecule has 0 aromatic rings. The van der Waals surface area contributed by atoms with Gasteiger partial charge < -0.3 is 10.2 Å². The minimum atomic E-state index is 0.780. The van der Waals surface area contributed by atoms with Crippen LogP contribution < -0.4 is 5.32 Å². The Bertz CT molecular complexity index is 73.3. The molecule has 1 N–H and O–H groups in total. The van der Waals surface area contributed by atoms with E-state index in [-0.39, 0.29) is 0 Å². The Labute approximate surface area is 63.6 Å². The highest BCUT2D eigenvalue weighted by atomic mass is 15.1. The molecule has 0 unspecified atom stereocenters. The lowest BCUT2D eigenvalue weighted by molar-refractivity contribution is 0.211. The molecule has 2 heteroatoms. The van der Waals surface area contributed by atoms with E-state index in [9.17, 15) is 0 Å². The van der Waals surface area contributed by atoms with Crippen LogP contribution in [0.3, 0.4) is 0 Å². The first kappa shape index (κ1) is 8.02. The van der Waals surface area contributed by atoms with E-state index in [1.807, 2.05) is 0 Å². The molecule has 0 radical (unpaired) electrons. The van der Waals surface area contributed by atoms with Crippen molar-refractivity contribution in [3.05, 3.63) is 0 Å². The Morgan fingerprint density at radius 1 is 1.40 bits per heavy atom. The van der Waals surface area contributed by atoms with Crippen molar-refractivity contribution in [2.75, 3.05) is 26.7 Å². The van der Waals surface area contributed by atoms with Crippen LogP contribution >= 0.6 is 0 Å². The fraction of sp³-hybridized carbons (Fsp3) is 1.00. The Morgan fingerprint density at radius 2 is 2.00 bits per heavy atom. The van der Waals surface area contributed by atoms with Crippen molar-refractivity contribution in [2.24, 2.45) is 0 Å². The molecule has 0 aromatic heterocycles. The van der Waals surface area contributed by atoms with Gasteiger partial charge in [0.25, 0.3) is 0 Å². The summed E-state index contributed by atoms with van der Waals surface area (Å²) in [7, 11) is 2.06. The van der Waals surface area contributed by atoms with Crippen LogP contribution in [0.15, 0.2) is 0 Å². The molecule has 1 saturated heterocycles. The maximum absolute atomic E-state index is 3.32. The Kier molecular flexibility index (Phi) is 3.16. The van der Waals surface area contributed by atoms with Gasteiger partial charge in [-0.15, -0.1) is 0 Å². The predicted molar refractivity (Wildman–Crippen MR) is 44.2 cm³/mol. The van der Waals surface area contributed by atoms with Gasteiger partial charge in [-0.3, -0.25) is 0 Å². The lowest BCUT2D eigenvalue weighted by Gasteiger charge is -2.30. The Balaban J connectivity index is 2.17. The number of rotatable bonds is 2. The third-order valence-corrected chi connectivity index (χ3v) is 2.44. The maximum atomic E-state index is 3.32. The van der Waals surface area contributed by atoms with Crippen LogP contribution in [0.25, 0.3) is 0 Å². The van der Waals surface area contributed by atoms with Crippen molar-refractivity contribution in [3.8, 4) is 0 Å². The normalized spacial score (nSPS) is 23.4.